The van der Waals surface area contributed by atoms with Crippen LogP contribution in [0.3, 0.4) is 0 Å². The van der Waals surface area contributed by atoms with E-state index in [2.05, 4.69) is 41.2 Å². The molecule has 0 aliphatic carbocycles. The van der Waals surface area contributed by atoms with Crippen LogP contribution in [0, 0.1) is 0 Å². The van der Waals surface area contributed by atoms with Crippen LogP contribution in [0.15, 0.2) is 42.6 Å². The Kier molecular flexibility index (Phi) is 5.90. The van der Waals surface area contributed by atoms with Crippen LogP contribution in [0.1, 0.15) is 23.7 Å². The maximum Gasteiger partial charge on any atom is 0.257 e. The SMILES string of the molecule is CN(Cc1ccc([C@H]2COc3cccnc3O2)cc1)C1CCS(=O)C1.O. The first kappa shape index (κ1) is 18.8. The average molecular weight is 376 g/mol. The largest absolute Gasteiger partial charge is 0.484 e. The minimum absolute atomic E-state index is 0. The molecule has 0 saturated carbocycles. The summed E-state index contributed by atoms with van der Waals surface area (Å²) in [4.78, 5) is 6.53. The van der Waals surface area contributed by atoms with E-state index in [-0.39, 0.29) is 11.6 Å². The van der Waals surface area contributed by atoms with E-state index >= 15 is 0 Å². The zero-order chi connectivity index (χ0) is 17.2. The summed E-state index contributed by atoms with van der Waals surface area (Å²) in [6, 6.07) is 12.6. The van der Waals surface area contributed by atoms with Gasteiger partial charge >= 0.3 is 0 Å². The first-order chi connectivity index (χ1) is 12.2. The van der Waals surface area contributed by atoms with E-state index in [1.807, 2.05) is 12.1 Å². The molecule has 2 aliphatic heterocycles. The van der Waals surface area contributed by atoms with Gasteiger partial charge in [-0.25, -0.2) is 4.98 Å². The standard InChI is InChI=1S/C19H22N2O3S.H2O/c1-21(16-8-10-25(22)13-16)11-14-4-6-15(7-5-14)18-12-23-17-3-2-9-20-19(17)24-18;/h2-7,9,16,18H,8,10-13H2,1H3;1H2/t16?,18-,25?;/m1./s1. The average Bonchev–Trinajstić information content (AvgIpc) is 3.08. The molecule has 0 bridgehead atoms. The number of rotatable bonds is 4. The van der Waals surface area contributed by atoms with E-state index in [0.29, 0.717) is 24.3 Å². The number of nitrogens with zero attached hydrogens (tertiary/aromatic N) is 2. The van der Waals surface area contributed by atoms with Gasteiger partial charge in [-0.05, 0) is 36.7 Å². The van der Waals surface area contributed by atoms with Crippen molar-refractivity contribution in [2.24, 2.45) is 0 Å². The van der Waals surface area contributed by atoms with Gasteiger partial charge in [0.05, 0.1) is 0 Å². The van der Waals surface area contributed by atoms with E-state index in [4.69, 9.17) is 9.47 Å². The number of aromatic nitrogens is 1. The molecule has 2 aromatic rings. The summed E-state index contributed by atoms with van der Waals surface area (Å²) >= 11 is 0. The van der Waals surface area contributed by atoms with Crippen molar-refractivity contribution in [3.63, 3.8) is 0 Å². The third-order valence-electron chi connectivity index (χ3n) is 4.84. The van der Waals surface area contributed by atoms with E-state index < -0.39 is 10.8 Å². The molecular formula is C19H24N2O4S. The Labute approximate surface area is 155 Å². The van der Waals surface area contributed by atoms with E-state index in [0.717, 1.165) is 30.0 Å². The third-order valence-corrected chi connectivity index (χ3v) is 6.29. The summed E-state index contributed by atoms with van der Waals surface area (Å²) in [7, 11) is 1.48. The van der Waals surface area contributed by atoms with Gasteiger partial charge in [-0.3, -0.25) is 9.11 Å². The highest BCUT2D eigenvalue weighted by atomic mass is 32.2. The lowest BCUT2D eigenvalue weighted by atomic mass is 10.1. The van der Waals surface area contributed by atoms with Crippen molar-refractivity contribution in [1.82, 2.24) is 9.88 Å². The van der Waals surface area contributed by atoms with Gasteiger partial charge in [0, 0.05) is 41.1 Å². The number of benzene rings is 1. The molecule has 26 heavy (non-hydrogen) atoms. The van der Waals surface area contributed by atoms with Gasteiger partial charge in [0.2, 0.25) is 0 Å². The Morgan fingerprint density at radius 2 is 2.08 bits per heavy atom. The Hall–Kier alpha value is -1.96. The fraction of sp³-hybridized carbons (Fsp3) is 0.421. The second kappa shape index (κ2) is 8.16. The summed E-state index contributed by atoms with van der Waals surface area (Å²) in [6.07, 6.45) is 2.60. The smallest absolute Gasteiger partial charge is 0.257 e. The quantitative estimate of drug-likeness (QED) is 0.811. The zero-order valence-electron chi connectivity index (χ0n) is 14.8. The van der Waals surface area contributed by atoms with Crippen molar-refractivity contribution in [1.29, 1.82) is 0 Å². The first-order valence-corrected chi connectivity index (χ1v) is 10.1. The third kappa shape index (κ3) is 4.06. The molecule has 2 N–H and O–H groups in total. The summed E-state index contributed by atoms with van der Waals surface area (Å²) in [5.41, 5.74) is 2.34. The van der Waals surface area contributed by atoms with Crippen LogP contribution >= 0.6 is 0 Å². The van der Waals surface area contributed by atoms with Crippen molar-refractivity contribution in [2.75, 3.05) is 25.2 Å². The number of pyridine rings is 1. The Morgan fingerprint density at radius 1 is 1.27 bits per heavy atom. The van der Waals surface area contributed by atoms with Crippen LogP contribution in [0.2, 0.25) is 0 Å². The fourth-order valence-electron chi connectivity index (χ4n) is 3.32. The van der Waals surface area contributed by atoms with E-state index in [1.165, 1.54) is 5.56 Å². The van der Waals surface area contributed by atoms with Gasteiger partial charge in [0.25, 0.3) is 5.88 Å². The fourth-order valence-corrected chi connectivity index (χ4v) is 4.88. The van der Waals surface area contributed by atoms with Crippen LogP contribution in [-0.4, -0.2) is 50.8 Å². The molecule has 2 unspecified atom stereocenters. The van der Waals surface area contributed by atoms with Gasteiger partial charge in [0.15, 0.2) is 11.9 Å². The van der Waals surface area contributed by atoms with Crippen molar-refractivity contribution in [3.05, 3.63) is 53.7 Å². The molecule has 0 radical (unpaired) electrons. The highest BCUT2D eigenvalue weighted by Gasteiger charge is 2.25. The van der Waals surface area contributed by atoms with Gasteiger partial charge in [-0.15, -0.1) is 0 Å². The van der Waals surface area contributed by atoms with Crippen molar-refractivity contribution >= 4 is 10.8 Å². The zero-order valence-corrected chi connectivity index (χ0v) is 15.6. The van der Waals surface area contributed by atoms with Gasteiger partial charge in [-0.1, -0.05) is 24.3 Å². The van der Waals surface area contributed by atoms with Crippen LogP contribution in [0.5, 0.6) is 11.6 Å². The maximum atomic E-state index is 11.6. The van der Waals surface area contributed by atoms with Crippen LogP contribution in [0.25, 0.3) is 0 Å². The van der Waals surface area contributed by atoms with Crippen molar-refractivity contribution in [2.45, 2.75) is 25.1 Å². The summed E-state index contributed by atoms with van der Waals surface area (Å²) < 4.78 is 23.3. The predicted octanol–water partition coefficient (Wildman–Crippen LogP) is 1.72. The molecule has 0 amide bonds. The highest BCUT2D eigenvalue weighted by molar-refractivity contribution is 7.85. The summed E-state index contributed by atoms with van der Waals surface area (Å²) in [5.74, 6) is 2.89. The van der Waals surface area contributed by atoms with Crippen LogP contribution in [-0.2, 0) is 17.3 Å². The Morgan fingerprint density at radius 3 is 2.81 bits per heavy atom. The molecule has 1 aromatic carbocycles. The van der Waals surface area contributed by atoms with E-state index in [9.17, 15) is 4.21 Å². The number of ether oxygens (including phenoxy) is 2. The van der Waals surface area contributed by atoms with E-state index in [1.54, 1.807) is 6.20 Å². The Balaban J connectivity index is 0.00000196. The van der Waals surface area contributed by atoms with Crippen molar-refractivity contribution in [3.8, 4) is 11.6 Å². The first-order valence-electron chi connectivity index (χ1n) is 8.57. The number of hydrogen-bond donors (Lipinski definition) is 0. The lowest BCUT2D eigenvalue weighted by Crippen LogP contribution is -2.31. The monoisotopic (exact) mass is 376 g/mol. The topological polar surface area (TPSA) is 83.2 Å². The molecule has 4 rings (SSSR count). The molecule has 3 atom stereocenters. The van der Waals surface area contributed by atoms with Crippen LogP contribution < -0.4 is 9.47 Å². The summed E-state index contributed by atoms with van der Waals surface area (Å²) in [6.45, 7) is 1.36. The molecule has 2 aliphatic rings. The highest BCUT2D eigenvalue weighted by Crippen LogP contribution is 2.34. The number of fused-ring (bicyclic) bond motifs is 1. The molecule has 1 saturated heterocycles. The minimum atomic E-state index is -0.635. The molecule has 7 heteroatoms. The predicted molar refractivity (Wildman–Crippen MR) is 101 cm³/mol. The normalized spacial score (nSPS) is 24.3. The van der Waals surface area contributed by atoms with Crippen molar-refractivity contribution < 1.29 is 19.2 Å². The summed E-state index contributed by atoms with van der Waals surface area (Å²) in [5, 5.41) is 0. The molecule has 1 fully saturated rings. The second-order valence-corrected chi connectivity index (χ2v) is 8.26. The molecular weight excluding hydrogens is 352 g/mol. The molecule has 3 heterocycles. The van der Waals surface area contributed by atoms with Gasteiger partial charge in [-0.2, -0.15) is 0 Å². The van der Waals surface area contributed by atoms with Gasteiger partial charge < -0.3 is 14.9 Å². The maximum absolute atomic E-state index is 11.6. The molecule has 6 nitrogen and oxygen atoms in total. The van der Waals surface area contributed by atoms with Gasteiger partial charge in [0.1, 0.15) is 6.61 Å². The number of hydrogen-bond acceptors (Lipinski definition) is 5. The lowest BCUT2D eigenvalue weighted by Gasteiger charge is -2.26. The second-order valence-electron chi connectivity index (χ2n) is 6.63. The molecule has 0 spiro atoms. The Bertz CT molecular complexity index is 768. The van der Waals surface area contributed by atoms with Crippen LogP contribution in [0.4, 0.5) is 0 Å². The lowest BCUT2D eigenvalue weighted by molar-refractivity contribution is 0.0851. The minimum Gasteiger partial charge on any atom is -0.484 e. The molecule has 1 aromatic heterocycles. The molecule has 140 valence electrons.